The molecule has 3 rings (SSSR count). The molecule has 1 aromatic heterocycles. The van der Waals surface area contributed by atoms with Crippen molar-refractivity contribution >= 4 is 11.8 Å². The summed E-state index contributed by atoms with van der Waals surface area (Å²) in [5, 5.41) is 5.74. The van der Waals surface area contributed by atoms with Crippen LogP contribution in [0, 0.1) is 0 Å². The normalized spacial score (nSPS) is 17.4. The first kappa shape index (κ1) is 15.2. The first-order valence-electron chi connectivity index (χ1n) is 7.82. The number of aromatic nitrogens is 1. The molecule has 5 nitrogen and oxygen atoms in total. The highest BCUT2D eigenvalue weighted by Crippen LogP contribution is 2.16. The fourth-order valence-corrected chi connectivity index (χ4v) is 2.67. The van der Waals surface area contributed by atoms with Gasteiger partial charge in [-0.3, -0.25) is 9.59 Å². The van der Waals surface area contributed by atoms with E-state index in [1.165, 1.54) is 0 Å². The summed E-state index contributed by atoms with van der Waals surface area (Å²) in [6.45, 7) is 0.432. The Morgan fingerprint density at radius 2 is 2.00 bits per heavy atom. The van der Waals surface area contributed by atoms with Gasteiger partial charge < -0.3 is 10.6 Å². The Labute approximate surface area is 135 Å². The molecule has 1 aliphatic heterocycles. The van der Waals surface area contributed by atoms with Gasteiger partial charge >= 0.3 is 0 Å². The van der Waals surface area contributed by atoms with Crippen molar-refractivity contribution in [2.75, 3.05) is 6.54 Å². The third-order valence-corrected chi connectivity index (χ3v) is 3.88. The molecule has 1 fully saturated rings. The van der Waals surface area contributed by atoms with Crippen molar-refractivity contribution in [3.63, 3.8) is 0 Å². The van der Waals surface area contributed by atoms with Gasteiger partial charge in [0.1, 0.15) is 5.69 Å². The highest BCUT2D eigenvalue weighted by atomic mass is 16.2. The minimum Gasteiger partial charge on any atom is -0.352 e. The summed E-state index contributed by atoms with van der Waals surface area (Å²) in [6, 6.07) is 15.2. The molecule has 2 amide bonds. The van der Waals surface area contributed by atoms with Gasteiger partial charge in [0.05, 0.1) is 5.69 Å². The molecule has 2 N–H and O–H groups in total. The molecule has 0 unspecified atom stereocenters. The zero-order valence-corrected chi connectivity index (χ0v) is 12.8. The van der Waals surface area contributed by atoms with E-state index in [2.05, 4.69) is 15.6 Å². The predicted octanol–water partition coefficient (Wildman–Crippen LogP) is 2.15. The molecular weight excluding hydrogens is 290 g/mol. The van der Waals surface area contributed by atoms with Gasteiger partial charge in [0, 0.05) is 24.6 Å². The van der Waals surface area contributed by atoms with Gasteiger partial charge in [-0.1, -0.05) is 36.4 Å². The van der Waals surface area contributed by atoms with E-state index in [1.807, 2.05) is 42.5 Å². The second kappa shape index (κ2) is 7.05. The lowest BCUT2D eigenvalue weighted by atomic mass is 10.0. The van der Waals surface area contributed by atoms with Gasteiger partial charge in [0.15, 0.2) is 0 Å². The molecule has 0 radical (unpaired) electrons. The summed E-state index contributed by atoms with van der Waals surface area (Å²) in [5.41, 5.74) is 2.12. The maximum Gasteiger partial charge on any atom is 0.269 e. The Kier molecular flexibility index (Phi) is 4.66. The molecule has 1 atom stereocenters. The number of carbonyl (C=O) groups is 2. The third-order valence-electron chi connectivity index (χ3n) is 3.88. The fourth-order valence-electron chi connectivity index (χ4n) is 2.67. The smallest absolute Gasteiger partial charge is 0.269 e. The number of piperidine rings is 1. The molecule has 0 aliphatic carbocycles. The minimum atomic E-state index is -0.220. The molecule has 2 aromatic rings. The number of pyridine rings is 1. The molecule has 1 aromatic carbocycles. The summed E-state index contributed by atoms with van der Waals surface area (Å²) >= 11 is 0. The van der Waals surface area contributed by atoms with E-state index < -0.39 is 0 Å². The van der Waals surface area contributed by atoms with Crippen molar-refractivity contribution in [1.82, 2.24) is 15.6 Å². The van der Waals surface area contributed by atoms with Gasteiger partial charge in [-0.05, 0) is 25.0 Å². The molecule has 0 bridgehead atoms. The zero-order chi connectivity index (χ0) is 16.1. The lowest BCUT2D eigenvalue weighted by molar-refractivity contribution is -0.123. The van der Waals surface area contributed by atoms with Crippen LogP contribution in [0.5, 0.6) is 0 Å². The van der Waals surface area contributed by atoms with Crippen LogP contribution >= 0.6 is 0 Å². The number of carbonyl (C=O) groups excluding carboxylic acids is 2. The van der Waals surface area contributed by atoms with Crippen LogP contribution in [0.3, 0.4) is 0 Å². The van der Waals surface area contributed by atoms with Crippen LogP contribution in [0.2, 0.25) is 0 Å². The fraction of sp³-hybridized carbons (Fsp3) is 0.278. The van der Waals surface area contributed by atoms with E-state index in [4.69, 9.17) is 0 Å². The van der Waals surface area contributed by atoms with Crippen LogP contribution < -0.4 is 10.6 Å². The lowest BCUT2D eigenvalue weighted by Gasteiger charge is -2.23. The molecule has 0 spiro atoms. The summed E-state index contributed by atoms with van der Waals surface area (Å²) in [5.74, 6) is -0.165. The Balaban J connectivity index is 1.64. The standard InChI is InChI=1S/C18H19N3O2/c22-17-11-4-8-14(20-17)12-19-18(23)16-10-5-9-15(21-16)13-6-2-1-3-7-13/h1-3,5-7,9-10,14H,4,8,11-12H2,(H,19,23)(H,20,22)/t14-/m1/s1. The van der Waals surface area contributed by atoms with Gasteiger partial charge in [0.25, 0.3) is 5.91 Å². The third kappa shape index (κ3) is 3.94. The average molecular weight is 309 g/mol. The number of hydrogen-bond donors (Lipinski definition) is 2. The molecular formula is C18H19N3O2. The predicted molar refractivity (Wildman–Crippen MR) is 87.8 cm³/mol. The van der Waals surface area contributed by atoms with Gasteiger partial charge in [-0.2, -0.15) is 0 Å². The molecule has 2 heterocycles. The summed E-state index contributed by atoms with van der Waals surface area (Å²) in [6.07, 6.45) is 2.34. The van der Waals surface area contributed by atoms with Gasteiger partial charge in [0.2, 0.25) is 5.91 Å². The van der Waals surface area contributed by atoms with Crippen molar-refractivity contribution < 1.29 is 9.59 Å². The SMILES string of the molecule is O=C1CCC[C@H](CNC(=O)c2cccc(-c3ccccc3)n2)N1. The zero-order valence-electron chi connectivity index (χ0n) is 12.8. The Bertz CT molecular complexity index is 700. The van der Waals surface area contributed by atoms with Crippen molar-refractivity contribution in [3.8, 4) is 11.3 Å². The highest BCUT2D eigenvalue weighted by Gasteiger charge is 2.19. The molecule has 0 saturated carbocycles. The van der Waals surface area contributed by atoms with Crippen molar-refractivity contribution in [2.24, 2.45) is 0 Å². The molecule has 1 saturated heterocycles. The van der Waals surface area contributed by atoms with E-state index in [0.717, 1.165) is 24.1 Å². The van der Waals surface area contributed by atoms with Crippen LogP contribution in [0.25, 0.3) is 11.3 Å². The maximum atomic E-state index is 12.3. The number of hydrogen-bond acceptors (Lipinski definition) is 3. The van der Waals surface area contributed by atoms with Crippen LogP contribution in [0.15, 0.2) is 48.5 Å². The first-order valence-corrected chi connectivity index (χ1v) is 7.82. The van der Waals surface area contributed by atoms with Crippen LogP contribution in [-0.2, 0) is 4.79 Å². The molecule has 118 valence electrons. The minimum absolute atomic E-state index is 0.0116. The van der Waals surface area contributed by atoms with Crippen molar-refractivity contribution in [1.29, 1.82) is 0 Å². The first-order chi connectivity index (χ1) is 11.2. The largest absolute Gasteiger partial charge is 0.352 e. The second-order valence-corrected chi connectivity index (χ2v) is 5.64. The van der Waals surface area contributed by atoms with Crippen LogP contribution in [-0.4, -0.2) is 29.4 Å². The summed E-state index contributed by atoms with van der Waals surface area (Å²) in [4.78, 5) is 28.0. The lowest BCUT2D eigenvalue weighted by Crippen LogP contribution is -2.46. The highest BCUT2D eigenvalue weighted by molar-refractivity contribution is 5.92. The molecule has 5 heteroatoms. The van der Waals surface area contributed by atoms with Gasteiger partial charge in [-0.25, -0.2) is 4.98 Å². The maximum absolute atomic E-state index is 12.3. The Morgan fingerprint density at radius 1 is 1.17 bits per heavy atom. The monoisotopic (exact) mass is 309 g/mol. The van der Waals surface area contributed by atoms with Crippen LogP contribution in [0.1, 0.15) is 29.8 Å². The number of nitrogens with zero attached hydrogens (tertiary/aromatic N) is 1. The van der Waals surface area contributed by atoms with E-state index in [1.54, 1.807) is 6.07 Å². The van der Waals surface area contributed by atoms with E-state index in [9.17, 15) is 9.59 Å². The Morgan fingerprint density at radius 3 is 2.78 bits per heavy atom. The topological polar surface area (TPSA) is 71.1 Å². The average Bonchev–Trinajstić information content (AvgIpc) is 2.61. The van der Waals surface area contributed by atoms with Crippen molar-refractivity contribution in [3.05, 3.63) is 54.2 Å². The van der Waals surface area contributed by atoms with Crippen LogP contribution in [0.4, 0.5) is 0 Å². The van der Waals surface area contributed by atoms with E-state index in [-0.39, 0.29) is 17.9 Å². The number of nitrogens with one attached hydrogen (secondary N) is 2. The van der Waals surface area contributed by atoms with Crippen molar-refractivity contribution in [2.45, 2.75) is 25.3 Å². The quantitative estimate of drug-likeness (QED) is 0.909. The summed E-state index contributed by atoms with van der Waals surface area (Å²) in [7, 11) is 0. The number of amides is 2. The number of benzene rings is 1. The number of rotatable bonds is 4. The second-order valence-electron chi connectivity index (χ2n) is 5.64. The molecule has 23 heavy (non-hydrogen) atoms. The van der Waals surface area contributed by atoms with E-state index >= 15 is 0 Å². The Hall–Kier alpha value is -2.69. The van der Waals surface area contributed by atoms with Gasteiger partial charge in [-0.15, -0.1) is 0 Å². The molecule has 1 aliphatic rings. The summed E-state index contributed by atoms with van der Waals surface area (Å²) < 4.78 is 0. The van der Waals surface area contributed by atoms with E-state index in [0.29, 0.717) is 18.7 Å².